The standard InChI is InChI=1S/C20H23FN6O/c1-24-8-3-9-27(16-6-5-15(21)10-17(16)24)19(28)26-13-20(14-26)11-25(12-20)18-4-2-7-22-23-18/h2,4-7,10H,3,8-9,11-14H2,1H3. The van der Waals surface area contributed by atoms with Gasteiger partial charge in [-0.2, -0.15) is 5.10 Å². The fourth-order valence-corrected chi connectivity index (χ4v) is 4.59. The molecule has 0 aliphatic carbocycles. The van der Waals surface area contributed by atoms with Gasteiger partial charge in [0.25, 0.3) is 0 Å². The second kappa shape index (κ2) is 6.32. The minimum Gasteiger partial charge on any atom is -0.373 e. The molecule has 0 N–H and O–H groups in total. The predicted octanol–water partition coefficient (Wildman–Crippen LogP) is 2.20. The minimum absolute atomic E-state index is 0.0201. The topological polar surface area (TPSA) is 55.8 Å². The van der Waals surface area contributed by atoms with Crippen molar-refractivity contribution in [1.82, 2.24) is 15.1 Å². The number of nitrogens with zero attached hydrogens (tertiary/aromatic N) is 6. The highest BCUT2D eigenvalue weighted by Crippen LogP contribution is 2.42. The Hall–Kier alpha value is -2.90. The number of carbonyl (C=O) groups is 1. The molecule has 2 aromatic rings. The van der Waals surface area contributed by atoms with Crippen molar-refractivity contribution < 1.29 is 9.18 Å². The van der Waals surface area contributed by atoms with Crippen molar-refractivity contribution in [3.63, 3.8) is 0 Å². The third-order valence-corrected chi connectivity index (χ3v) is 6.00. The maximum Gasteiger partial charge on any atom is 0.324 e. The van der Waals surface area contributed by atoms with E-state index < -0.39 is 0 Å². The normalized spacial score (nSPS) is 20.4. The maximum atomic E-state index is 13.7. The van der Waals surface area contributed by atoms with E-state index in [0.717, 1.165) is 56.3 Å². The van der Waals surface area contributed by atoms with E-state index in [1.165, 1.54) is 12.1 Å². The lowest BCUT2D eigenvalue weighted by atomic mass is 9.73. The molecule has 3 aliphatic heterocycles. The van der Waals surface area contributed by atoms with E-state index in [0.29, 0.717) is 6.54 Å². The number of anilines is 3. The molecule has 1 aromatic carbocycles. The Morgan fingerprint density at radius 3 is 2.68 bits per heavy atom. The Morgan fingerprint density at radius 2 is 1.93 bits per heavy atom. The van der Waals surface area contributed by atoms with Crippen LogP contribution in [0.15, 0.2) is 36.5 Å². The molecule has 0 bridgehead atoms. The number of carbonyl (C=O) groups excluding carboxylic acids is 1. The molecule has 146 valence electrons. The third-order valence-electron chi connectivity index (χ3n) is 6.00. The minimum atomic E-state index is -0.277. The van der Waals surface area contributed by atoms with E-state index in [1.54, 1.807) is 12.3 Å². The number of urea groups is 1. The van der Waals surface area contributed by atoms with Crippen molar-refractivity contribution in [2.24, 2.45) is 5.41 Å². The van der Waals surface area contributed by atoms with Crippen LogP contribution in [-0.4, -0.2) is 67.4 Å². The number of benzene rings is 1. The Morgan fingerprint density at radius 1 is 1.11 bits per heavy atom. The zero-order chi connectivity index (χ0) is 19.3. The van der Waals surface area contributed by atoms with E-state index in [2.05, 4.69) is 15.1 Å². The molecule has 5 rings (SSSR count). The first-order chi connectivity index (χ1) is 13.5. The molecule has 0 radical (unpaired) electrons. The monoisotopic (exact) mass is 382 g/mol. The number of rotatable bonds is 1. The van der Waals surface area contributed by atoms with E-state index in [4.69, 9.17) is 0 Å². The lowest BCUT2D eigenvalue weighted by molar-refractivity contribution is 0.00961. The van der Waals surface area contributed by atoms with Crippen molar-refractivity contribution in [1.29, 1.82) is 0 Å². The molecule has 3 aliphatic rings. The summed E-state index contributed by atoms with van der Waals surface area (Å²) in [5.74, 6) is 0.616. The molecule has 28 heavy (non-hydrogen) atoms. The predicted molar refractivity (Wildman–Crippen MR) is 105 cm³/mol. The summed E-state index contributed by atoms with van der Waals surface area (Å²) in [6.07, 6.45) is 2.53. The van der Waals surface area contributed by atoms with E-state index in [1.807, 2.05) is 33.9 Å². The average Bonchev–Trinajstić information content (AvgIpc) is 2.79. The highest BCUT2D eigenvalue weighted by molar-refractivity contribution is 5.96. The van der Waals surface area contributed by atoms with Gasteiger partial charge in [0, 0.05) is 57.9 Å². The van der Waals surface area contributed by atoms with Gasteiger partial charge in [0.05, 0.1) is 11.4 Å². The number of aromatic nitrogens is 2. The molecule has 1 aromatic heterocycles. The van der Waals surface area contributed by atoms with E-state index >= 15 is 0 Å². The van der Waals surface area contributed by atoms with Crippen LogP contribution in [0.25, 0.3) is 0 Å². The van der Waals surface area contributed by atoms with Gasteiger partial charge in [-0.3, -0.25) is 4.90 Å². The van der Waals surface area contributed by atoms with Crippen molar-refractivity contribution in [3.8, 4) is 0 Å². The van der Waals surface area contributed by atoms with Crippen molar-refractivity contribution in [2.45, 2.75) is 6.42 Å². The molecule has 2 saturated heterocycles. The summed E-state index contributed by atoms with van der Waals surface area (Å²) >= 11 is 0. The summed E-state index contributed by atoms with van der Waals surface area (Å²) < 4.78 is 13.7. The van der Waals surface area contributed by atoms with Crippen LogP contribution in [0.2, 0.25) is 0 Å². The van der Waals surface area contributed by atoms with Gasteiger partial charge in [0.15, 0.2) is 5.82 Å². The first-order valence-electron chi connectivity index (χ1n) is 9.65. The smallest absolute Gasteiger partial charge is 0.324 e. The molecule has 8 heteroatoms. The molecule has 0 unspecified atom stereocenters. The first-order valence-corrected chi connectivity index (χ1v) is 9.65. The summed E-state index contributed by atoms with van der Waals surface area (Å²) in [7, 11) is 1.94. The quantitative estimate of drug-likeness (QED) is 0.757. The Bertz CT molecular complexity index is 893. The molecule has 7 nitrogen and oxygen atoms in total. The van der Waals surface area contributed by atoms with Gasteiger partial charge >= 0.3 is 6.03 Å². The number of likely N-dealkylation sites (tertiary alicyclic amines) is 1. The summed E-state index contributed by atoms with van der Waals surface area (Å²) in [6.45, 7) is 4.77. The highest BCUT2D eigenvalue weighted by Gasteiger charge is 2.54. The van der Waals surface area contributed by atoms with Crippen LogP contribution in [-0.2, 0) is 0 Å². The summed E-state index contributed by atoms with van der Waals surface area (Å²) in [5.41, 5.74) is 1.74. The van der Waals surface area contributed by atoms with E-state index in [-0.39, 0.29) is 17.3 Å². The Kier molecular flexibility index (Phi) is 3.89. The number of fused-ring (bicyclic) bond motifs is 1. The van der Waals surface area contributed by atoms with Crippen LogP contribution in [0.5, 0.6) is 0 Å². The summed E-state index contributed by atoms with van der Waals surface area (Å²) in [4.78, 5) is 21.1. The number of hydrogen-bond acceptors (Lipinski definition) is 5. The molecular formula is C20H23FN6O. The molecular weight excluding hydrogens is 359 g/mol. The van der Waals surface area contributed by atoms with Crippen LogP contribution >= 0.6 is 0 Å². The van der Waals surface area contributed by atoms with Gasteiger partial charge in [-0.05, 0) is 36.8 Å². The fourth-order valence-electron chi connectivity index (χ4n) is 4.59. The van der Waals surface area contributed by atoms with Crippen LogP contribution in [0.4, 0.5) is 26.4 Å². The van der Waals surface area contributed by atoms with E-state index in [9.17, 15) is 9.18 Å². The molecule has 2 amide bonds. The van der Waals surface area contributed by atoms with Crippen LogP contribution in [0.3, 0.4) is 0 Å². The average molecular weight is 382 g/mol. The van der Waals surface area contributed by atoms with Crippen LogP contribution in [0, 0.1) is 11.2 Å². The third kappa shape index (κ3) is 2.75. The molecule has 0 atom stereocenters. The summed E-state index contributed by atoms with van der Waals surface area (Å²) in [6, 6.07) is 8.54. The number of hydrogen-bond donors (Lipinski definition) is 0. The van der Waals surface area contributed by atoms with Gasteiger partial charge in [-0.1, -0.05) is 0 Å². The van der Waals surface area contributed by atoms with Crippen molar-refractivity contribution in [2.75, 3.05) is 61.0 Å². The van der Waals surface area contributed by atoms with Gasteiger partial charge in [0.2, 0.25) is 0 Å². The number of amides is 2. The Balaban J connectivity index is 1.27. The summed E-state index contributed by atoms with van der Waals surface area (Å²) in [5, 5.41) is 8.09. The number of halogens is 1. The maximum absolute atomic E-state index is 13.7. The second-order valence-corrected chi connectivity index (χ2v) is 8.14. The largest absolute Gasteiger partial charge is 0.373 e. The highest BCUT2D eigenvalue weighted by atomic mass is 19.1. The van der Waals surface area contributed by atoms with Crippen LogP contribution < -0.4 is 14.7 Å². The molecule has 4 heterocycles. The zero-order valence-electron chi connectivity index (χ0n) is 15.9. The van der Waals surface area contributed by atoms with Gasteiger partial charge in [0.1, 0.15) is 5.82 Å². The molecule has 0 saturated carbocycles. The lowest BCUT2D eigenvalue weighted by Gasteiger charge is -2.60. The fraction of sp³-hybridized carbons (Fsp3) is 0.450. The van der Waals surface area contributed by atoms with Gasteiger partial charge < -0.3 is 14.7 Å². The first kappa shape index (κ1) is 17.2. The molecule has 1 spiro atoms. The second-order valence-electron chi connectivity index (χ2n) is 8.14. The molecule has 2 fully saturated rings. The van der Waals surface area contributed by atoms with Crippen LogP contribution in [0.1, 0.15) is 6.42 Å². The zero-order valence-corrected chi connectivity index (χ0v) is 15.9. The van der Waals surface area contributed by atoms with Crippen molar-refractivity contribution in [3.05, 3.63) is 42.3 Å². The van der Waals surface area contributed by atoms with Crippen molar-refractivity contribution >= 4 is 23.2 Å². The SMILES string of the molecule is CN1CCCN(C(=O)N2CC3(C2)CN(c2cccnn2)C3)c2ccc(F)cc21. The lowest BCUT2D eigenvalue weighted by Crippen LogP contribution is -2.74. The Labute approximate surface area is 163 Å². The van der Waals surface area contributed by atoms with Gasteiger partial charge in [-0.25, -0.2) is 9.18 Å². The van der Waals surface area contributed by atoms with Gasteiger partial charge in [-0.15, -0.1) is 5.10 Å².